The average molecular weight is 373 g/mol. The first kappa shape index (κ1) is 20.7. The molecule has 0 N–H and O–H groups in total. The Labute approximate surface area is 159 Å². The van der Waals surface area contributed by atoms with Crippen molar-refractivity contribution in [1.82, 2.24) is 5.16 Å². The van der Waals surface area contributed by atoms with Gasteiger partial charge in [0, 0.05) is 12.0 Å². The van der Waals surface area contributed by atoms with E-state index in [1.165, 1.54) is 0 Å². The second kappa shape index (κ2) is 10.5. The number of carbonyl (C=O) groups is 2. The zero-order valence-corrected chi connectivity index (χ0v) is 16.2. The van der Waals surface area contributed by atoms with Crippen LogP contribution in [-0.4, -0.2) is 23.5 Å². The predicted molar refractivity (Wildman–Crippen MR) is 101 cm³/mol. The van der Waals surface area contributed by atoms with E-state index in [1.54, 1.807) is 38.1 Å². The second-order valence-corrected chi connectivity index (χ2v) is 6.47. The van der Waals surface area contributed by atoms with Crippen LogP contribution in [0.3, 0.4) is 0 Å². The molecule has 27 heavy (non-hydrogen) atoms. The van der Waals surface area contributed by atoms with Crippen molar-refractivity contribution < 1.29 is 23.6 Å². The summed E-state index contributed by atoms with van der Waals surface area (Å²) >= 11 is 0. The number of carbonyl (C=O) groups excluding carboxylic acids is 2. The van der Waals surface area contributed by atoms with Crippen LogP contribution >= 0.6 is 0 Å². The van der Waals surface area contributed by atoms with Gasteiger partial charge in [-0.3, -0.25) is 9.59 Å². The van der Waals surface area contributed by atoms with Gasteiger partial charge in [0.1, 0.15) is 18.1 Å². The Hall–Kier alpha value is -2.63. The molecule has 2 aromatic rings. The van der Waals surface area contributed by atoms with E-state index in [0.717, 1.165) is 30.6 Å². The summed E-state index contributed by atoms with van der Waals surface area (Å²) in [4.78, 5) is 24.1. The fourth-order valence-corrected chi connectivity index (χ4v) is 2.57. The van der Waals surface area contributed by atoms with E-state index in [4.69, 9.17) is 14.0 Å². The number of aryl methyl sites for hydroxylation is 2. The summed E-state index contributed by atoms with van der Waals surface area (Å²) in [6.07, 6.45) is 3.46. The molecule has 6 heteroatoms. The van der Waals surface area contributed by atoms with Crippen molar-refractivity contribution in [3.63, 3.8) is 0 Å². The highest BCUT2D eigenvalue weighted by Crippen LogP contribution is 2.16. The van der Waals surface area contributed by atoms with Gasteiger partial charge in [-0.2, -0.15) is 0 Å². The highest BCUT2D eigenvalue weighted by atomic mass is 16.5. The van der Waals surface area contributed by atoms with Crippen LogP contribution in [0, 0.1) is 13.8 Å². The third kappa shape index (κ3) is 6.55. The number of unbranched alkanes of at least 4 members (excludes halogenated alkanes) is 2. The quantitative estimate of drug-likeness (QED) is 0.326. The highest BCUT2D eigenvalue weighted by molar-refractivity contribution is 5.97. The number of ketones is 1. The molecule has 0 amide bonds. The summed E-state index contributed by atoms with van der Waals surface area (Å²) in [5, 5.41) is 3.81. The number of esters is 1. The largest absolute Gasteiger partial charge is 0.494 e. The van der Waals surface area contributed by atoms with Gasteiger partial charge >= 0.3 is 5.97 Å². The Bertz CT molecular complexity index is 729. The van der Waals surface area contributed by atoms with Gasteiger partial charge in [0.05, 0.1) is 24.3 Å². The van der Waals surface area contributed by atoms with Crippen LogP contribution < -0.4 is 4.74 Å². The molecule has 2 rings (SSSR count). The molecular weight excluding hydrogens is 346 g/mol. The molecule has 1 aromatic heterocycles. The number of hydrogen-bond donors (Lipinski definition) is 0. The molecule has 0 aliphatic carbocycles. The molecule has 0 fully saturated rings. The van der Waals surface area contributed by atoms with E-state index in [-0.39, 0.29) is 25.2 Å². The molecule has 0 aliphatic rings. The number of Topliss-reactive ketones (excluding diaryl/α,β-unsaturated/α-hetero) is 1. The summed E-state index contributed by atoms with van der Waals surface area (Å²) < 4.78 is 15.9. The molecule has 1 heterocycles. The van der Waals surface area contributed by atoms with Crippen LogP contribution in [0.2, 0.25) is 0 Å². The molecule has 1 aromatic carbocycles. The number of benzene rings is 1. The van der Waals surface area contributed by atoms with Gasteiger partial charge in [-0.15, -0.1) is 0 Å². The van der Waals surface area contributed by atoms with Crippen LogP contribution in [0.25, 0.3) is 0 Å². The minimum atomic E-state index is -0.417. The van der Waals surface area contributed by atoms with Crippen molar-refractivity contribution in [2.75, 3.05) is 6.61 Å². The van der Waals surface area contributed by atoms with Crippen molar-refractivity contribution in [3.05, 3.63) is 46.8 Å². The number of aromatic nitrogens is 1. The summed E-state index contributed by atoms with van der Waals surface area (Å²) in [6, 6.07) is 7.03. The van der Waals surface area contributed by atoms with Crippen LogP contribution in [0.4, 0.5) is 0 Å². The van der Waals surface area contributed by atoms with Gasteiger partial charge in [0.25, 0.3) is 0 Å². The lowest BCUT2D eigenvalue weighted by Gasteiger charge is -2.07. The van der Waals surface area contributed by atoms with Crippen molar-refractivity contribution in [2.24, 2.45) is 0 Å². The summed E-state index contributed by atoms with van der Waals surface area (Å²) in [6.45, 7) is 6.49. The van der Waals surface area contributed by atoms with Crippen LogP contribution in [-0.2, 0) is 16.1 Å². The van der Waals surface area contributed by atoms with E-state index in [1.807, 2.05) is 0 Å². The maximum atomic E-state index is 12.2. The first-order valence-electron chi connectivity index (χ1n) is 9.34. The molecule has 6 nitrogen and oxygen atoms in total. The van der Waals surface area contributed by atoms with E-state index in [9.17, 15) is 9.59 Å². The standard InChI is InChI=1S/C21H27NO5/c1-4-5-6-13-25-18-9-7-17(8-10-18)20(23)11-12-21(24)26-14-19-15(2)22-27-16(19)3/h7-10H,4-6,11-14H2,1-3H3. The fourth-order valence-electron chi connectivity index (χ4n) is 2.57. The number of hydrogen-bond acceptors (Lipinski definition) is 6. The van der Waals surface area contributed by atoms with E-state index in [0.29, 0.717) is 23.6 Å². The van der Waals surface area contributed by atoms with E-state index < -0.39 is 5.97 Å². The lowest BCUT2D eigenvalue weighted by molar-refractivity contribution is -0.144. The maximum absolute atomic E-state index is 12.2. The molecule has 0 bridgehead atoms. The molecule has 146 valence electrons. The van der Waals surface area contributed by atoms with E-state index >= 15 is 0 Å². The Morgan fingerprint density at radius 3 is 2.44 bits per heavy atom. The predicted octanol–water partition coefficient (Wildman–Crippen LogP) is 4.57. The molecule has 0 aliphatic heterocycles. The highest BCUT2D eigenvalue weighted by Gasteiger charge is 2.14. The smallest absolute Gasteiger partial charge is 0.306 e. The molecule has 0 radical (unpaired) electrons. The van der Waals surface area contributed by atoms with E-state index in [2.05, 4.69) is 12.1 Å². The third-order valence-corrected chi connectivity index (χ3v) is 4.31. The molecule has 0 saturated heterocycles. The van der Waals surface area contributed by atoms with Gasteiger partial charge in [-0.1, -0.05) is 24.9 Å². The van der Waals surface area contributed by atoms with Crippen molar-refractivity contribution in [2.45, 2.75) is 59.5 Å². The molecule has 0 saturated carbocycles. The Morgan fingerprint density at radius 2 is 1.81 bits per heavy atom. The van der Waals surface area contributed by atoms with Gasteiger partial charge in [-0.25, -0.2) is 0 Å². The van der Waals surface area contributed by atoms with Gasteiger partial charge in [0.15, 0.2) is 5.78 Å². The van der Waals surface area contributed by atoms with Crippen molar-refractivity contribution in [1.29, 1.82) is 0 Å². The zero-order chi connectivity index (χ0) is 19.6. The van der Waals surface area contributed by atoms with Crippen LogP contribution in [0.5, 0.6) is 5.75 Å². The Kier molecular flexibility index (Phi) is 8.04. The summed E-state index contributed by atoms with van der Waals surface area (Å²) in [5.74, 6) is 0.871. The van der Waals surface area contributed by atoms with Gasteiger partial charge in [0.2, 0.25) is 0 Å². The summed E-state index contributed by atoms with van der Waals surface area (Å²) in [7, 11) is 0. The minimum Gasteiger partial charge on any atom is -0.494 e. The number of rotatable bonds is 11. The first-order valence-corrected chi connectivity index (χ1v) is 9.34. The topological polar surface area (TPSA) is 78.6 Å². The minimum absolute atomic E-state index is 0.0392. The molecular formula is C21H27NO5. The van der Waals surface area contributed by atoms with Gasteiger partial charge < -0.3 is 14.0 Å². The SMILES string of the molecule is CCCCCOc1ccc(C(=O)CCC(=O)OCc2c(C)noc2C)cc1. The van der Waals surface area contributed by atoms with Crippen LogP contribution in [0.15, 0.2) is 28.8 Å². The number of ether oxygens (including phenoxy) is 2. The number of nitrogens with zero attached hydrogens (tertiary/aromatic N) is 1. The lowest BCUT2D eigenvalue weighted by atomic mass is 10.1. The maximum Gasteiger partial charge on any atom is 0.306 e. The molecule has 0 spiro atoms. The monoisotopic (exact) mass is 373 g/mol. The molecule has 0 atom stereocenters. The molecule has 0 unspecified atom stereocenters. The third-order valence-electron chi connectivity index (χ3n) is 4.31. The Balaban J connectivity index is 1.73. The van der Waals surface area contributed by atoms with Crippen molar-refractivity contribution >= 4 is 11.8 Å². The normalized spacial score (nSPS) is 10.6. The Morgan fingerprint density at radius 1 is 1.07 bits per heavy atom. The summed E-state index contributed by atoms with van der Waals surface area (Å²) in [5.41, 5.74) is 2.03. The van der Waals surface area contributed by atoms with Gasteiger partial charge in [-0.05, 0) is 44.5 Å². The van der Waals surface area contributed by atoms with Crippen LogP contribution in [0.1, 0.15) is 66.4 Å². The second-order valence-electron chi connectivity index (χ2n) is 6.47. The lowest BCUT2D eigenvalue weighted by Crippen LogP contribution is -2.09. The zero-order valence-electron chi connectivity index (χ0n) is 16.2. The average Bonchev–Trinajstić information content (AvgIpc) is 3.00. The van der Waals surface area contributed by atoms with Crippen molar-refractivity contribution in [3.8, 4) is 5.75 Å². The fraction of sp³-hybridized carbons (Fsp3) is 0.476. The first-order chi connectivity index (χ1) is 13.0.